The molecule has 3 amide bonds. The number of nitriles is 1. The van der Waals surface area contributed by atoms with E-state index in [0.29, 0.717) is 90.0 Å². The van der Waals surface area contributed by atoms with Crippen LogP contribution in [0.3, 0.4) is 0 Å². The highest BCUT2D eigenvalue weighted by molar-refractivity contribution is 7.86. The van der Waals surface area contributed by atoms with Gasteiger partial charge in [0.15, 0.2) is 16.1 Å². The molecule has 4 heterocycles. The number of likely N-dealkylation sites (tertiary alicyclic amines) is 1. The summed E-state index contributed by atoms with van der Waals surface area (Å²) in [5, 5.41) is 20.7. The van der Waals surface area contributed by atoms with Gasteiger partial charge in [-0.05, 0) is 88.2 Å². The van der Waals surface area contributed by atoms with Gasteiger partial charge in [-0.2, -0.15) is 9.65 Å². The Morgan fingerprint density at radius 2 is 1.70 bits per heavy atom. The van der Waals surface area contributed by atoms with Crippen molar-refractivity contribution >= 4 is 69.0 Å². The number of nitrogens with zero attached hydrogens (tertiary/aromatic N) is 6. The Balaban J connectivity index is 0.000000272. The summed E-state index contributed by atoms with van der Waals surface area (Å²) in [6.07, 6.45) is 20.8. The van der Waals surface area contributed by atoms with E-state index in [2.05, 4.69) is 48.6 Å². The van der Waals surface area contributed by atoms with Gasteiger partial charge in [-0.25, -0.2) is 14.2 Å². The number of pyridine rings is 2. The van der Waals surface area contributed by atoms with E-state index in [9.17, 15) is 33.0 Å². The number of rotatable bonds is 20. The SMILES string of the molecule is CC1CC(=O)N(C)C1.CNCCN(C)c1cc(F)ncc1Nc1ccc(S(=O)Nc2nccs2)cc1C#N.NC(=O)CCCOC1CCC(OCCNC=O)CC1.O=CC1CCCCC1.c1ccncc1. The van der Waals surface area contributed by atoms with Gasteiger partial charge in [0.1, 0.15) is 12.4 Å². The van der Waals surface area contributed by atoms with Gasteiger partial charge in [-0.15, -0.1) is 11.3 Å². The highest BCUT2D eigenvalue weighted by Crippen LogP contribution is 2.31. The number of aromatic nitrogens is 3. The molecule has 21 heteroatoms. The van der Waals surface area contributed by atoms with Crippen LogP contribution < -0.4 is 31.3 Å². The third-order valence-electron chi connectivity index (χ3n) is 11.3. The summed E-state index contributed by atoms with van der Waals surface area (Å²) in [4.78, 5) is 57.1. The monoisotopic (exact) mass is 1020 g/mol. The van der Waals surface area contributed by atoms with Gasteiger partial charge in [0.05, 0.1) is 52.5 Å². The van der Waals surface area contributed by atoms with Crippen LogP contribution in [0.25, 0.3) is 0 Å². The number of primary amides is 1. The first-order valence-electron chi connectivity index (χ1n) is 24.0. The number of benzene rings is 1. The van der Waals surface area contributed by atoms with E-state index in [0.717, 1.165) is 64.3 Å². The number of thiazole rings is 1. The van der Waals surface area contributed by atoms with Crippen molar-refractivity contribution in [1.29, 1.82) is 5.26 Å². The van der Waals surface area contributed by atoms with Crippen LogP contribution in [-0.4, -0.2) is 121 Å². The molecule has 2 saturated carbocycles. The number of likely N-dealkylation sites (N-methyl/N-ethyl adjacent to an activating group) is 2. The number of carbonyl (C=O) groups is 4. The summed E-state index contributed by atoms with van der Waals surface area (Å²) in [5.41, 5.74) is 7.03. The largest absolute Gasteiger partial charge is 0.378 e. The standard InChI is InChI=1S/C19H20FN7OS2.C13H24N2O4.C7H12O.C6H11NO.C5H5N/c1-22-5-7-27(2)17-10-18(20)24-12-16(17)25-15-4-3-14(9-13(15)11-21)30(28)26-19-23-6-8-29-19;14-13(17)2-1-8-18-11-3-5-12(6-4-11)19-9-7-15-10-16;8-6-7-4-2-1-3-5-7;1-5-3-6(8)7(2)4-5;1-2-4-6-5-3-1/h3-4,6,8-10,12,22,25H,5,7H2,1-2H3,(H,23,26);10-12H,1-9H2,(H2,14,17)(H,15,16);6-7H,1-5H2;5H,3-4H2,1-2H3;1-5H. The first-order chi connectivity index (χ1) is 34.4. The van der Waals surface area contributed by atoms with Crippen LogP contribution in [0.4, 0.5) is 26.6 Å². The molecule has 388 valence electrons. The average Bonchev–Trinajstić information content (AvgIpc) is 4.02. The van der Waals surface area contributed by atoms with Gasteiger partial charge in [-0.1, -0.05) is 32.3 Å². The molecule has 0 spiro atoms. The molecule has 1 saturated heterocycles. The lowest BCUT2D eigenvalue weighted by atomic mass is 9.91. The van der Waals surface area contributed by atoms with Crippen molar-refractivity contribution in [1.82, 2.24) is 30.5 Å². The summed E-state index contributed by atoms with van der Waals surface area (Å²) in [5.74, 6) is 0.407. The van der Waals surface area contributed by atoms with E-state index >= 15 is 0 Å². The number of aldehydes is 1. The van der Waals surface area contributed by atoms with Gasteiger partial charge in [-0.3, -0.25) is 24.1 Å². The van der Waals surface area contributed by atoms with Gasteiger partial charge in [0.25, 0.3) is 0 Å². The third kappa shape index (κ3) is 24.7. The predicted octanol–water partition coefficient (Wildman–Crippen LogP) is 6.76. The van der Waals surface area contributed by atoms with Crippen molar-refractivity contribution in [2.24, 2.45) is 17.6 Å². The van der Waals surface area contributed by atoms with Crippen molar-refractivity contribution in [2.75, 3.05) is 75.5 Å². The minimum atomic E-state index is -1.56. The molecular weight excluding hydrogens is 950 g/mol. The molecule has 4 aromatic rings. The first-order valence-corrected chi connectivity index (χ1v) is 26.0. The number of nitrogens with one attached hydrogen (secondary N) is 4. The fourth-order valence-electron chi connectivity index (χ4n) is 7.51. The van der Waals surface area contributed by atoms with Crippen molar-refractivity contribution in [2.45, 2.75) is 101 Å². The zero-order valence-corrected chi connectivity index (χ0v) is 43.1. The average molecular weight is 1020 g/mol. The second-order valence-electron chi connectivity index (χ2n) is 17.1. The minimum Gasteiger partial charge on any atom is -0.378 e. The van der Waals surface area contributed by atoms with Crippen LogP contribution in [-0.2, 0) is 39.6 Å². The van der Waals surface area contributed by atoms with Gasteiger partial charge in [0.2, 0.25) is 24.2 Å². The number of hydrogen-bond donors (Lipinski definition) is 5. The van der Waals surface area contributed by atoms with E-state index < -0.39 is 16.9 Å². The number of anilines is 4. The van der Waals surface area contributed by atoms with Gasteiger partial charge >= 0.3 is 0 Å². The van der Waals surface area contributed by atoms with Crippen LogP contribution in [0.1, 0.15) is 89.5 Å². The number of hydrogen-bond acceptors (Lipinski definition) is 15. The quantitative estimate of drug-likeness (QED) is 0.0349. The second kappa shape index (κ2) is 35.2. The zero-order chi connectivity index (χ0) is 51.6. The summed E-state index contributed by atoms with van der Waals surface area (Å²) < 4.78 is 40.4. The Morgan fingerprint density at radius 3 is 2.21 bits per heavy atom. The molecule has 6 N–H and O–H groups in total. The molecule has 3 aliphatic rings. The molecule has 3 fully saturated rings. The van der Waals surface area contributed by atoms with Crippen LogP contribution in [0.15, 0.2) is 77.5 Å². The number of carbonyl (C=O) groups excluding carboxylic acids is 4. The Bertz CT molecular complexity index is 2170. The molecular formula is C50H72FN11O7S2. The normalized spacial score (nSPS) is 17.6. The number of ether oxygens (including phenoxy) is 2. The molecule has 7 rings (SSSR count). The Hall–Kier alpha value is -5.92. The van der Waals surface area contributed by atoms with Crippen molar-refractivity contribution in [3.05, 3.63) is 84.1 Å². The maximum absolute atomic E-state index is 13.7. The molecule has 2 unspecified atom stereocenters. The third-order valence-corrected chi connectivity index (χ3v) is 13.2. The number of halogens is 1. The Kier molecular flexibility index (Phi) is 29.5. The Labute approximate surface area is 424 Å². The van der Waals surface area contributed by atoms with Crippen LogP contribution in [0.2, 0.25) is 0 Å². The molecule has 1 aromatic carbocycles. The topological polar surface area (TPSA) is 247 Å². The van der Waals surface area contributed by atoms with Crippen LogP contribution >= 0.6 is 11.3 Å². The van der Waals surface area contributed by atoms with Crippen molar-refractivity contribution in [3.8, 4) is 6.07 Å². The maximum Gasteiger partial charge on any atom is 0.222 e. The number of nitrogens with two attached hydrogens (primary N) is 1. The van der Waals surface area contributed by atoms with Crippen LogP contribution in [0, 0.1) is 29.1 Å². The maximum atomic E-state index is 13.7. The summed E-state index contributed by atoms with van der Waals surface area (Å²) in [6.45, 7) is 6.14. The molecule has 71 heavy (non-hydrogen) atoms. The predicted molar refractivity (Wildman–Crippen MR) is 277 cm³/mol. The van der Waals surface area contributed by atoms with E-state index in [4.69, 9.17) is 15.2 Å². The molecule has 18 nitrogen and oxygen atoms in total. The van der Waals surface area contributed by atoms with E-state index in [1.165, 1.54) is 42.9 Å². The van der Waals surface area contributed by atoms with Crippen molar-refractivity contribution in [3.63, 3.8) is 0 Å². The fourth-order valence-corrected chi connectivity index (χ4v) is 9.04. The van der Waals surface area contributed by atoms with E-state index in [1.807, 2.05) is 44.2 Å². The molecule has 2 atom stereocenters. The number of amides is 3. The highest BCUT2D eigenvalue weighted by Gasteiger charge is 2.23. The smallest absolute Gasteiger partial charge is 0.222 e. The lowest BCUT2D eigenvalue weighted by Crippen LogP contribution is -2.29. The first kappa shape index (κ1) is 59.4. The highest BCUT2D eigenvalue weighted by atomic mass is 32.2. The van der Waals surface area contributed by atoms with Crippen molar-refractivity contribution < 1.29 is 37.3 Å². The van der Waals surface area contributed by atoms with Gasteiger partial charge in [0, 0.05) is 95.7 Å². The summed E-state index contributed by atoms with van der Waals surface area (Å²) >= 11 is 1.33. The van der Waals surface area contributed by atoms with E-state index in [1.54, 1.807) is 47.1 Å². The molecule has 0 bridgehead atoms. The fraction of sp³-hybridized carbons (Fsp3) is 0.520. The van der Waals surface area contributed by atoms with E-state index in [-0.39, 0.29) is 24.0 Å². The molecule has 2 aliphatic carbocycles. The zero-order valence-electron chi connectivity index (χ0n) is 41.4. The molecule has 0 radical (unpaired) electrons. The minimum absolute atomic E-state index is 0.273. The Morgan fingerprint density at radius 1 is 1.00 bits per heavy atom. The molecule has 3 aromatic heterocycles. The summed E-state index contributed by atoms with van der Waals surface area (Å²) in [6, 6.07) is 14.0. The lowest BCUT2D eigenvalue weighted by molar-refractivity contribution is -0.126. The van der Waals surface area contributed by atoms with Crippen LogP contribution in [0.5, 0.6) is 0 Å². The van der Waals surface area contributed by atoms with Gasteiger partial charge < -0.3 is 45.8 Å². The molecule has 1 aliphatic heterocycles. The summed E-state index contributed by atoms with van der Waals surface area (Å²) in [7, 11) is 3.98. The second-order valence-corrected chi connectivity index (χ2v) is 19.2. The lowest BCUT2D eigenvalue weighted by Gasteiger charge is -2.28.